The second kappa shape index (κ2) is 3.56. The molecule has 0 saturated heterocycles. The van der Waals surface area contributed by atoms with Crippen LogP contribution in [0.1, 0.15) is 19.3 Å². The number of hydrogen-bond donors (Lipinski definition) is 1. The van der Waals surface area contributed by atoms with Crippen LogP contribution in [0.2, 0.25) is 0 Å². The number of esters is 1. The van der Waals surface area contributed by atoms with Gasteiger partial charge in [-0.3, -0.25) is 4.79 Å². The van der Waals surface area contributed by atoms with Crippen LogP contribution in [0.3, 0.4) is 0 Å². The summed E-state index contributed by atoms with van der Waals surface area (Å²) in [5, 5.41) is 2.75. The number of nitrogens with one attached hydrogen (secondary N) is 1. The molecule has 1 aliphatic carbocycles. The van der Waals surface area contributed by atoms with E-state index in [0.717, 1.165) is 12.8 Å². The highest BCUT2D eigenvalue weighted by molar-refractivity contribution is 5.71. The van der Waals surface area contributed by atoms with Gasteiger partial charge in [-0.15, -0.1) is 0 Å². The maximum absolute atomic E-state index is 10.8. The van der Waals surface area contributed by atoms with Crippen molar-refractivity contribution in [2.24, 2.45) is 0 Å². The molecule has 0 radical (unpaired) electrons. The molecule has 10 heavy (non-hydrogen) atoms. The van der Waals surface area contributed by atoms with Crippen LogP contribution in [-0.2, 0) is 9.53 Å². The molecule has 0 amide bonds. The average molecular weight is 143 g/mol. The topological polar surface area (TPSA) is 38.3 Å². The van der Waals surface area contributed by atoms with Gasteiger partial charge in [0, 0.05) is 0 Å². The van der Waals surface area contributed by atoms with Crippen molar-refractivity contribution < 1.29 is 9.53 Å². The van der Waals surface area contributed by atoms with Crippen LogP contribution in [0, 0.1) is 0 Å². The zero-order valence-corrected chi connectivity index (χ0v) is 6.22. The average Bonchev–Trinajstić information content (AvgIpc) is 1.80. The highest BCUT2D eigenvalue weighted by Gasteiger charge is 2.20. The molecular formula is C7H13NO2. The summed E-state index contributed by atoms with van der Waals surface area (Å²) in [6.45, 7) is 0.330. The lowest BCUT2D eigenvalue weighted by molar-refractivity contribution is -0.151. The lowest BCUT2D eigenvalue weighted by atomic mass is 9.96. The van der Waals surface area contributed by atoms with E-state index in [1.807, 2.05) is 0 Å². The third-order valence-corrected chi connectivity index (χ3v) is 1.67. The molecule has 0 aromatic heterocycles. The Morgan fingerprint density at radius 2 is 2.40 bits per heavy atom. The molecule has 3 nitrogen and oxygen atoms in total. The molecule has 3 heteroatoms. The van der Waals surface area contributed by atoms with Crippen LogP contribution < -0.4 is 5.32 Å². The van der Waals surface area contributed by atoms with Gasteiger partial charge < -0.3 is 10.1 Å². The fourth-order valence-corrected chi connectivity index (χ4v) is 0.861. The molecule has 0 aromatic rings. The first kappa shape index (κ1) is 7.54. The molecule has 0 spiro atoms. The van der Waals surface area contributed by atoms with Crippen LogP contribution in [0.15, 0.2) is 0 Å². The van der Waals surface area contributed by atoms with Gasteiger partial charge in [-0.2, -0.15) is 0 Å². The van der Waals surface area contributed by atoms with E-state index < -0.39 is 0 Å². The van der Waals surface area contributed by atoms with Gasteiger partial charge in [-0.1, -0.05) is 0 Å². The fraction of sp³-hybridized carbons (Fsp3) is 0.857. The number of rotatable bonds is 3. The van der Waals surface area contributed by atoms with Gasteiger partial charge in [0.2, 0.25) is 0 Å². The minimum Gasteiger partial charge on any atom is -0.461 e. The molecule has 58 valence electrons. The van der Waals surface area contributed by atoms with Gasteiger partial charge in [-0.25, -0.2) is 0 Å². The standard InChI is InChI=1S/C7H13NO2/c1-8-5-7(9)10-6-3-2-4-6/h6,8H,2-5H2,1H3. The lowest BCUT2D eigenvalue weighted by Crippen LogP contribution is -2.29. The second-order valence-electron chi connectivity index (χ2n) is 2.57. The predicted molar refractivity (Wildman–Crippen MR) is 37.7 cm³/mol. The molecule has 0 unspecified atom stereocenters. The Morgan fingerprint density at radius 3 is 2.80 bits per heavy atom. The van der Waals surface area contributed by atoms with Gasteiger partial charge in [0.15, 0.2) is 0 Å². The van der Waals surface area contributed by atoms with E-state index in [0.29, 0.717) is 6.54 Å². The lowest BCUT2D eigenvalue weighted by Gasteiger charge is -2.24. The molecule has 0 aromatic carbocycles. The molecule has 0 heterocycles. The molecular weight excluding hydrogens is 130 g/mol. The Kier molecular flexibility index (Phi) is 2.68. The Bertz CT molecular complexity index is 121. The van der Waals surface area contributed by atoms with Crippen LogP contribution in [0.4, 0.5) is 0 Å². The van der Waals surface area contributed by atoms with E-state index in [-0.39, 0.29) is 12.1 Å². The largest absolute Gasteiger partial charge is 0.461 e. The normalized spacial score (nSPS) is 18.1. The monoisotopic (exact) mass is 143 g/mol. The third-order valence-electron chi connectivity index (χ3n) is 1.67. The molecule has 0 atom stereocenters. The maximum atomic E-state index is 10.8. The van der Waals surface area contributed by atoms with Crippen LogP contribution in [-0.4, -0.2) is 25.7 Å². The van der Waals surface area contributed by atoms with Crippen molar-refractivity contribution >= 4 is 5.97 Å². The quantitative estimate of drug-likeness (QED) is 0.577. The van der Waals surface area contributed by atoms with E-state index in [4.69, 9.17) is 4.74 Å². The first-order valence-electron chi connectivity index (χ1n) is 3.67. The molecule has 0 aliphatic heterocycles. The van der Waals surface area contributed by atoms with Crippen LogP contribution >= 0.6 is 0 Å². The second-order valence-corrected chi connectivity index (χ2v) is 2.57. The van der Waals surface area contributed by atoms with Crippen LogP contribution in [0.25, 0.3) is 0 Å². The molecule has 1 aliphatic rings. The Labute approximate surface area is 60.7 Å². The van der Waals surface area contributed by atoms with Gasteiger partial charge in [0.05, 0.1) is 6.54 Å². The molecule has 0 bridgehead atoms. The predicted octanol–water partition coefficient (Wildman–Crippen LogP) is 0.301. The summed E-state index contributed by atoms with van der Waals surface area (Å²) in [7, 11) is 1.74. The number of carbonyl (C=O) groups excluding carboxylic acids is 1. The summed E-state index contributed by atoms with van der Waals surface area (Å²) < 4.78 is 5.03. The third kappa shape index (κ3) is 1.99. The minimum atomic E-state index is -0.132. The Hall–Kier alpha value is -0.570. The summed E-state index contributed by atoms with van der Waals surface area (Å²) in [5.41, 5.74) is 0. The Balaban J connectivity index is 2.05. The summed E-state index contributed by atoms with van der Waals surface area (Å²) in [4.78, 5) is 10.8. The fourth-order valence-electron chi connectivity index (χ4n) is 0.861. The Morgan fingerprint density at radius 1 is 1.70 bits per heavy atom. The van der Waals surface area contributed by atoms with E-state index in [1.165, 1.54) is 6.42 Å². The van der Waals surface area contributed by atoms with E-state index in [9.17, 15) is 4.79 Å². The van der Waals surface area contributed by atoms with Gasteiger partial charge >= 0.3 is 5.97 Å². The van der Waals surface area contributed by atoms with Crippen molar-refractivity contribution in [2.75, 3.05) is 13.6 Å². The summed E-state index contributed by atoms with van der Waals surface area (Å²) in [6, 6.07) is 0. The molecule has 1 rings (SSSR count). The van der Waals surface area contributed by atoms with Crippen LogP contribution in [0.5, 0.6) is 0 Å². The number of ether oxygens (including phenoxy) is 1. The van der Waals surface area contributed by atoms with Gasteiger partial charge in [0.1, 0.15) is 6.10 Å². The van der Waals surface area contributed by atoms with Crippen molar-refractivity contribution in [3.8, 4) is 0 Å². The smallest absolute Gasteiger partial charge is 0.320 e. The number of hydrogen-bond acceptors (Lipinski definition) is 3. The van der Waals surface area contributed by atoms with E-state index >= 15 is 0 Å². The first-order valence-corrected chi connectivity index (χ1v) is 3.67. The van der Waals surface area contributed by atoms with Crippen molar-refractivity contribution in [1.29, 1.82) is 0 Å². The van der Waals surface area contributed by atoms with Gasteiger partial charge in [-0.05, 0) is 26.3 Å². The SMILES string of the molecule is CNCC(=O)OC1CCC1. The van der Waals surface area contributed by atoms with Crippen molar-refractivity contribution in [2.45, 2.75) is 25.4 Å². The maximum Gasteiger partial charge on any atom is 0.320 e. The zero-order chi connectivity index (χ0) is 7.40. The highest BCUT2D eigenvalue weighted by atomic mass is 16.5. The van der Waals surface area contributed by atoms with Crippen molar-refractivity contribution in [3.05, 3.63) is 0 Å². The highest BCUT2D eigenvalue weighted by Crippen LogP contribution is 2.21. The summed E-state index contributed by atoms with van der Waals surface area (Å²) >= 11 is 0. The summed E-state index contributed by atoms with van der Waals surface area (Å²) in [6.07, 6.45) is 3.53. The molecule has 1 fully saturated rings. The molecule has 1 saturated carbocycles. The van der Waals surface area contributed by atoms with E-state index in [2.05, 4.69) is 5.32 Å². The number of carbonyl (C=O) groups is 1. The first-order chi connectivity index (χ1) is 4.83. The minimum absolute atomic E-state index is 0.132. The van der Waals surface area contributed by atoms with Crippen molar-refractivity contribution in [3.63, 3.8) is 0 Å². The molecule has 1 N–H and O–H groups in total. The summed E-state index contributed by atoms with van der Waals surface area (Å²) in [5.74, 6) is -0.132. The van der Waals surface area contributed by atoms with Crippen molar-refractivity contribution in [1.82, 2.24) is 5.32 Å². The zero-order valence-electron chi connectivity index (χ0n) is 6.22. The van der Waals surface area contributed by atoms with E-state index in [1.54, 1.807) is 7.05 Å². The van der Waals surface area contributed by atoms with Gasteiger partial charge in [0.25, 0.3) is 0 Å². The number of likely N-dealkylation sites (N-methyl/N-ethyl adjacent to an activating group) is 1.